The molecule has 1 aliphatic rings. The second-order valence-corrected chi connectivity index (χ2v) is 4.52. The van der Waals surface area contributed by atoms with Crippen molar-refractivity contribution in [3.05, 3.63) is 29.0 Å². The monoisotopic (exact) mass is 291 g/mol. The van der Waals surface area contributed by atoms with Crippen molar-refractivity contribution in [3.8, 4) is 0 Å². The van der Waals surface area contributed by atoms with Crippen LogP contribution in [0.15, 0.2) is 34.0 Å². The average molecular weight is 292 g/mol. The van der Waals surface area contributed by atoms with Gasteiger partial charge in [-0.1, -0.05) is 0 Å². The molecule has 0 saturated heterocycles. The van der Waals surface area contributed by atoms with Crippen molar-refractivity contribution in [2.24, 2.45) is 4.99 Å². The first-order valence-electron chi connectivity index (χ1n) is 5.28. The first-order chi connectivity index (χ1) is 8.33. The minimum Gasteiger partial charge on any atom is -0.354 e. The molecule has 3 rings (SSSR count). The van der Waals surface area contributed by atoms with Crippen LogP contribution < -0.4 is 10.6 Å². The lowest BCUT2D eigenvalue weighted by Gasteiger charge is -2.08. The van der Waals surface area contributed by atoms with Crippen LogP contribution in [0.5, 0.6) is 0 Å². The molecule has 1 aromatic heterocycles. The molecule has 0 bridgehead atoms. The van der Waals surface area contributed by atoms with Crippen molar-refractivity contribution in [1.82, 2.24) is 15.3 Å². The van der Waals surface area contributed by atoms with Gasteiger partial charge in [0, 0.05) is 29.1 Å². The van der Waals surface area contributed by atoms with Crippen LogP contribution in [0.1, 0.15) is 0 Å². The third-order valence-electron chi connectivity index (χ3n) is 2.46. The number of nitrogens with one attached hydrogen (secondary N) is 2. The van der Waals surface area contributed by atoms with Gasteiger partial charge in [0.1, 0.15) is 5.52 Å². The van der Waals surface area contributed by atoms with E-state index in [1.165, 1.54) is 0 Å². The van der Waals surface area contributed by atoms with E-state index in [1.807, 2.05) is 12.1 Å². The van der Waals surface area contributed by atoms with Gasteiger partial charge in [-0.15, -0.1) is 0 Å². The first-order valence-corrected chi connectivity index (χ1v) is 6.08. The maximum absolute atomic E-state index is 4.28. The SMILES string of the molecule is Brc1cc(NC2=NCCN2)cc2nccnc12. The standard InChI is InChI=1S/C11H10BrN5/c12-8-5-7(17-11-15-3-4-16-11)6-9-10(8)14-2-1-13-9/h1-2,5-6H,3-4H2,(H2,15,16,17). The zero-order chi connectivity index (χ0) is 11.7. The Kier molecular flexibility index (Phi) is 2.64. The van der Waals surface area contributed by atoms with Gasteiger partial charge in [-0.25, -0.2) is 0 Å². The van der Waals surface area contributed by atoms with E-state index in [4.69, 9.17) is 0 Å². The summed E-state index contributed by atoms with van der Waals surface area (Å²) in [4.78, 5) is 12.8. The highest BCUT2D eigenvalue weighted by molar-refractivity contribution is 9.10. The molecule has 86 valence electrons. The van der Waals surface area contributed by atoms with Crippen LogP contribution in [0.3, 0.4) is 0 Å². The highest BCUT2D eigenvalue weighted by atomic mass is 79.9. The molecule has 1 aliphatic heterocycles. The van der Waals surface area contributed by atoms with Crippen LogP contribution in [0.25, 0.3) is 11.0 Å². The second-order valence-electron chi connectivity index (χ2n) is 3.66. The lowest BCUT2D eigenvalue weighted by atomic mass is 10.2. The predicted molar refractivity (Wildman–Crippen MR) is 71.2 cm³/mol. The molecule has 0 radical (unpaired) electrons. The first kappa shape index (κ1) is 10.5. The summed E-state index contributed by atoms with van der Waals surface area (Å²) in [5, 5.41) is 6.38. The summed E-state index contributed by atoms with van der Waals surface area (Å²) >= 11 is 3.49. The highest BCUT2D eigenvalue weighted by Crippen LogP contribution is 2.25. The summed E-state index contributed by atoms with van der Waals surface area (Å²) in [6.45, 7) is 1.70. The van der Waals surface area contributed by atoms with E-state index in [0.717, 1.165) is 40.2 Å². The maximum Gasteiger partial charge on any atom is 0.195 e. The normalized spacial score (nSPS) is 14.5. The molecular formula is C11H10BrN5. The number of guanidine groups is 1. The van der Waals surface area contributed by atoms with Gasteiger partial charge < -0.3 is 10.6 Å². The number of hydrogen-bond donors (Lipinski definition) is 2. The molecule has 0 fully saturated rings. The van der Waals surface area contributed by atoms with Crippen molar-refractivity contribution in [1.29, 1.82) is 0 Å². The van der Waals surface area contributed by atoms with E-state index in [-0.39, 0.29) is 0 Å². The van der Waals surface area contributed by atoms with Gasteiger partial charge in [0.2, 0.25) is 0 Å². The Balaban J connectivity index is 2.00. The Labute approximate surface area is 107 Å². The molecule has 0 aliphatic carbocycles. The quantitative estimate of drug-likeness (QED) is 0.841. The molecule has 2 aromatic rings. The summed E-state index contributed by atoms with van der Waals surface area (Å²) < 4.78 is 0.921. The molecule has 0 atom stereocenters. The summed E-state index contributed by atoms with van der Waals surface area (Å²) in [7, 11) is 0. The predicted octanol–water partition coefficient (Wildman–Crippen LogP) is 1.76. The fourth-order valence-electron chi connectivity index (χ4n) is 1.72. The van der Waals surface area contributed by atoms with Gasteiger partial charge in [0.15, 0.2) is 5.96 Å². The summed E-state index contributed by atoms with van der Waals surface area (Å²) in [5.41, 5.74) is 2.65. The topological polar surface area (TPSA) is 62.2 Å². The van der Waals surface area contributed by atoms with Crippen molar-refractivity contribution in [3.63, 3.8) is 0 Å². The van der Waals surface area contributed by atoms with Gasteiger partial charge in [-0.2, -0.15) is 0 Å². The summed E-state index contributed by atoms with van der Waals surface area (Å²) in [6.07, 6.45) is 3.37. The Morgan fingerprint density at radius 2 is 2.12 bits per heavy atom. The number of aliphatic imine (C=N–C) groups is 1. The van der Waals surface area contributed by atoms with E-state index >= 15 is 0 Å². The van der Waals surface area contributed by atoms with Gasteiger partial charge >= 0.3 is 0 Å². The van der Waals surface area contributed by atoms with Gasteiger partial charge in [0.05, 0.1) is 12.1 Å². The van der Waals surface area contributed by atoms with E-state index in [1.54, 1.807) is 12.4 Å². The number of aromatic nitrogens is 2. The summed E-state index contributed by atoms with van der Waals surface area (Å²) in [6, 6.07) is 3.93. The Morgan fingerprint density at radius 3 is 2.94 bits per heavy atom. The molecule has 5 nitrogen and oxygen atoms in total. The smallest absolute Gasteiger partial charge is 0.195 e. The third kappa shape index (κ3) is 2.08. The average Bonchev–Trinajstić information content (AvgIpc) is 2.82. The fourth-order valence-corrected chi connectivity index (χ4v) is 2.27. The van der Waals surface area contributed by atoms with E-state index < -0.39 is 0 Å². The zero-order valence-electron chi connectivity index (χ0n) is 8.94. The fraction of sp³-hybridized carbons (Fsp3) is 0.182. The molecule has 0 saturated carbocycles. The van der Waals surface area contributed by atoms with Crippen LogP contribution in [-0.4, -0.2) is 29.0 Å². The van der Waals surface area contributed by atoms with E-state index in [9.17, 15) is 0 Å². The molecule has 0 unspecified atom stereocenters. The molecule has 0 amide bonds. The Bertz CT molecular complexity index is 595. The largest absolute Gasteiger partial charge is 0.354 e. The van der Waals surface area contributed by atoms with Crippen LogP contribution in [0.2, 0.25) is 0 Å². The number of rotatable bonds is 1. The number of halogens is 1. The molecule has 0 spiro atoms. The second kappa shape index (κ2) is 4.29. The highest BCUT2D eigenvalue weighted by Gasteiger charge is 2.08. The Morgan fingerprint density at radius 1 is 1.24 bits per heavy atom. The maximum atomic E-state index is 4.28. The minimum absolute atomic E-state index is 0.806. The van der Waals surface area contributed by atoms with Gasteiger partial charge in [0.25, 0.3) is 0 Å². The number of anilines is 1. The molecule has 2 N–H and O–H groups in total. The molecular weight excluding hydrogens is 282 g/mol. The van der Waals surface area contributed by atoms with Crippen molar-refractivity contribution >= 4 is 38.6 Å². The molecule has 6 heteroatoms. The lowest BCUT2D eigenvalue weighted by molar-refractivity contribution is 0.959. The van der Waals surface area contributed by atoms with E-state index in [2.05, 4.69) is 41.5 Å². The third-order valence-corrected chi connectivity index (χ3v) is 3.07. The van der Waals surface area contributed by atoms with Crippen molar-refractivity contribution in [2.45, 2.75) is 0 Å². The number of nitrogens with zero attached hydrogens (tertiary/aromatic N) is 3. The number of benzene rings is 1. The Hall–Kier alpha value is -1.69. The van der Waals surface area contributed by atoms with Gasteiger partial charge in [-0.05, 0) is 28.1 Å². The molecule has 1 aromatic carbocycles. The van der Waals surface area contributed by atoms with E-state index in [0.29, 0.717) is 0 Å². The molecule has 17 heavy (non-hydrogen) atoms. The van der Waals surface area contributed by atoms with Crippen molar-refractivity contribution < 1.29 is 0 Å². The van der Waals surface area contributed by atoms with Crippen molar-refractivity contribution in [2.75, 3.05) is 18.4 Å². The van der Waals surface area contributed by atoms with Crippen LogP contribution >= 0.6 is 15.9 Å². The summed E-state index contributed by atoms with van der Waals surface area (Å²) in [5.74, 6) is 0.806. The zero-order valence-corrected chi connectivity index (χ0v) is 10.5. The minimum atomic E-state index is 0.806. The number of hydrogen-bond acceptors (Lipinski definition) is 5. The van der Waals surface area contributed by atoms with Crippen LogP contribution in [0, 0.1) is 0 Å². The molecule has 2 heterocycles. The van der Waals surface area contributed by atoms with Crippen LogP contribution in [0.4, 0.5) is 5.69 Å². The van der Waals surface area contributed by atoms with Gasteiger partial charge in [-0.3, -0.25) is 15.0 Å². The lowest BCUT2D eigenvalue weighted by Crippen LogP contribution is -2.26. The number of fused-ring (bicyclic) bond motifs is 1. The van der Waals surface area contributed by atoms with Crippen LogP contribution in [-0.2, 0) is 0 Å².